The summed E-state index contributed by atoms with van der Waals surface area (Å²) in [5, 5.41) is 14.0. The van der Waals surface area contributed by atoms with Gasteiger partial charge in [-0.25, -0.2) is 0 Å². The molecule has 20 heavy (non-hydrogen) atoms. The highest BCUT2D eigenvalue weighted by atomic mass is 79.9. The lowest BCUT2D eigenvalue weighted by Gasteiger charge is -2.21. The number of hydrogen-bond acceptors (Lipinski definition) is 4. The van der Waals surface area contributed by atoms with Gasteiger partial charge in [-0.05, 0) is 24.1 Å². The van der Waals surface area contributed by atoms with Crippen molar-refractivity contribution in [2.24, 2.45) is 0 Å². The zero-order valence-corrected chi connectivity index (χ0v) is 13.5. The maximum atomic E-state index is 3.64. The molecule has 0 unspecified atom stereocenters. The minimum absolute atomic E-state index is 0.484. The molecule has 2 rings (SSSR count). The van der Waals surface area contributed by atoms with Gasteiger partial charge in [0, 0.05) is 56.3 Å². The molecule has 4 N–H and O–H groups in total. The Kier molecular flexibility index (Phi) is 7.54. The lowest BCUT2D eigenvalue weighted by atomic mass is 10.1. The van der Waals surface area contributed by atoms with E-state index in [2.05, 4.69) is 61.5 Å². The summed E-state index contributed by atoms with van der Waals surface area (Å²) in [6.45, 7) is 7.20. The van der Waals surface area contributed by atoms with Crippen LogP contribution >= 0.6 is 15.9 Å². The maximum absolute atomic E-state index is 3.64. The van der Waals surface area contributed by atoms with Crippen molar-refractivity contribution in [2.75, 3.05) is 45.8 Å². The third kappa shape index (κ3) is 6.33. The van der Waals surface area contributed by atoms with E-state index in [1.165, 1.54) is 5.56 Å². The van der Waals surface area contributed by atoms with E-state index in [1.54, 1.807) is 0 Å². The third-order valence-electron chi connectivity index (χ3n) is 3.48. The minimum atomic E-state index is 0.484. The minimum Gasteiger partial charge on any atom is -0.314 e. The van der Waals surface area contributed by atoms with Gasteiger partial charge in [-0.1, -0.05) is 28.1 Å². The number of benzene rings is 1. The van der Waals surface area contributed by atoms with E-state index in [0.29, 0.717) is 6.04 Å². The second kappa shape index (κ2) is 9.47. The number of hydrogen-bond donors (Lipinski definition) is 4. The van der Waals surface area contributed by atoms with Gasteiger partial charge in [-0.3, -0.25) is 0 Å². The topological polar surface area (TPSA) is 48.1 Å². The molecule has 0 saturated carbocycles. The molecule has 1 atom stereocenters. The Morgan fingerprint density at radius 1 is 0.850 bits per heavy atom. The van der Waals surface area contributed by atoms with Gasteiger partial charge >= 0.3 is 0 Å². The van der Waals surface area contributed by atoms with Crippen molar-refractivity contribution < 1.29 is 0 Å². The van der Waals surface area contributed by atoms with Gasteiger partial charge in [0.05, 0.1) is 0 Å². The van der Waals surface area contributed by atoms with Gasteiger partial charge in [0.1, 0.15) is 0 Å². The van der Waals surface area contributed by atoms with E-state index in [4.69, 9.17) is 0 Å². The summed E-state index contributed by atoms with van der Waals surface area (Å²) in [6, 6.07) is 9.11. The molecule has 0 bridgehead atoms. The largest absolute Gasteiger partial charge is 0.314 e. The molecule has 0 radical (unpaired) electrons. The van der Waals surface area contributed by atoms with Gasteiger partial charge in [-0.2, -0.15) is 0 Å². The van der Waals surface area contributed by atoms with Gasteiger partial charge in [0.15, 0.2) is 0 Å². The average Bonchev–Trinajstić information content (AvgIpc) is 2.44. The highest BCUT2D eigenvalue weighted by molar-refractivity contribution is 9.10. The fourth-order valence-corrected chi connectivity index (χ4v) is 2.63. The van der Waals surface area contributed by atoms with Crippen molar-refractivity contribution in [1.29, 1.82) is 0 Å². The maximum Gasteiger partial charge on any atom is 0.0233 e. The van der Waals surface area contributed by atoms with Crippen LogP contribution in [0, 0.1) is 0 Å². The molecule has 0 aromatic heterocycles. The van der Waals surface area contributed by atoms with Crippen LogP contribution in [0.1, 0.15) is 5.56 Å². The van der Waals surface area contributed by atoms with E-state index in [0.717, 1.165) is 56.7 Å². The predicted molar refractivity (Wildman–Crippen MR) is 88.2 cm³/mol. The Labute approximate surface area is 130 Å². The second-order valence-corrected chi connectivity index (χ2v) is 6.10. The fraction of sp³-hybridized carbons (Fsp3) is 0.600. The summed E-state index contributed by atoms with van der Waals surface area (Å²) < 4.78 is 1.14. The molecular weight excluding hydrogens is 316 g/mol. The van der Waals surface area contributed by atoms with Crippen LogP contribution in [0.5, 0.6) is 0 Å². The normalized spacial score (nSPS) is 22.8. The molecule has 0 amide bonds. The summed E-state index contributed by atoms with van der Waals surface area (Å²) in [4.78, 5) is 0. The van der Waals surface area contributed by atoms with Crippen LogP contribution in [0.2, 0.25) is 0 Å². The molecule has 112 valence electrons. The first kappa shape index (κ1) is 15.9. The van der Waals surface area contributed by atoms with Gasteiger partial charge in [0.2, 0.25) is 0 Å². The summed E-state index contributed by atoms with van der Waals surface area (Å²) in [6.07, 6.45) is 1.06. The molecule has 4 nitrogen and oxygen atoms in total. The Hall–Kier alpha value is -0.460. The van der Waals surface area contributed by atoms with Crippen LogP contribution in [-0.2, 0) is 6.42 Å². The summed E-state index contributed by atoms with van der Waals surface area (Å²) in [5.74, 6) is 0. The molecule has 1 heterocycles. The molecule has 5 heteroatoms. The quantitative estimate of drug-likeness (QED) is 0.641. The molecule has 1 aromatic carbocycles. The molecule has 1 aliphatic rings. The van der Waals surface area contributed by atoms with Crippen molar-refractivity contribution in [3.63, 3.8) is 0 Å². The Bertz CT molecular complexity index is 357. The highest BCUT2D eigenvalue weighted by Gasteiger charge is 2.09. The van der Waals surface area contributed by atoms with Crippen LogP contribution in [0.15, 0.2) is 28.7 Å². The van der Waals surface area contributed by atoms with Crippen molar-refractivity contribution in [2.45, 2.75) is 12.5 Å². The van der Waals surface area contributed by atoms with E-state index in [1.807, 2.05) is 0 Å². The SMILES string of the molecule is Brc1ccc(C[C@H]2CNCCNCCNCCN2)cc1. The average molecular weight is 341 g/mol. The molecule has 1 saturated heterocycles. The van der Waals surface area contributed by atoms with Crippen molar-refractivity contribution in [1.82, 2.24) is 21.3 Å². The zero-order chi connectivity index (χ0) is 14.0. The number of rotatable bonds is 2. The highest BCUT2D eigenvalue weighted by Crippen LogP contribution is 2.11. The molecule has 1 aliphatic heterocycles. The first-order valence-corrected chi connectivity index (χ1v) is 8.24. The first-order valence-electron chi connectivity index (χ1n) is 7.44. The van der Waals surface area contributed by atoms with E-state index < -0.39 is 0 Å². The van der Waals surface area contributed by atoms with Crippen molar-refractivity contribution in [3.8, 4) is 0 Å². The Morgan fingerprint density at radius 2 is 1.45 bits per heavy atom. The van der Waals surface area contributed by atoms with Gasteiger partial charge in [-0.15, -0.1) is 0 Å². The first-order chi connectivity index (χ1) is 9.84. The number of halogens is 1. The van der Waals surface area contributed by atoms with Gasteiger partial charge < -0.3 is 21.3 Å². The van der Waals surface area contributed by atoms with E-state index >= 15 is 0 Å². The van der Waals surface area contributed by atoms with Gasteiger partial charge in [0.25, 0.3) is 0 Å². The number of nitrogens with one attached hydrogen (secondary N) is 4. The smallest absolute Gasteiger partial charge is 0.0233 e. The molecule has 1 aromatic rings. The van der Waals surface area contributed by atoms with Crippen LogP contribution < -0.4 is 21.3 Å². The van der Waals surface area contributed by atoms with Crippen LogP contribution in [-0.4, -0.2) is 51.9 Å². The standard InChI is InChI=1S/C15H25BrN4/c16-14-3-1-13(2-4-14)11-15-12-19-8-7-17-5-6-18-9-10-20-15/h1-4,15,17-20H,5-12H2/t15-/m0/s1. The summed E-state index contributed by atoms with van der Waals surface area (Å²) >= 11 is 3.49. The fourth-order valence-electron chi connectivity index (χ4n) is 2.37. The second-order valence-electron chi connectivity index (χ2n) is 5.19. The zero-order valence-electron chi connectivity index (χ0n) is 11.9. The van der Waals surface area contributed by atoms with Crippen LogP contribution in [0.3, 0.4) is 0 Å². The lowest BCUT2D eigenvalue weighted by molar-refractivity contribution is 0.450. The Balaban J connectivity index is 1.83. The third-order valence-corrected chi connectivity index (χ3v) is 4.01. The summed E-state index contributed by atoms with van der Waals surface area (Å²) in [7, 11) is 0. The summed E-state index contributed by atoms with van der Waals surface area (Å²) in [5.41, 5.74) is 1.38. The molecule has 0 aliphatic carbocycles. The molecular formula is C15H25BrN4. The van der Waals surface area contributed by atoms with E-state index in [-0.39, 0.29) is 0 Å². The Morgan fingerprint density at radius 3 is 2.15 bits per heavy atom. The molecule has 0 spiro atoms. The van der Waals surface area contributed by atoms with E-state index in [9.17, 15) is 0 Å². The van der Waals surface area contributed by atoms with Crippen molar-refractivity contribution in [3.05, 3.63) is 34.3 Å². The van der Waals surface area contributed by atoms with Crippen molar-refractivity contribution >= 4 is 15.9 Å². The lowest BCUT2D eigenvalue weighted by Crippen LogP contribution is -2.46. The van der Waals surface area contributed by atoms with Crippen LogP contribution in [0.4, 0.5) is 0 Å². The molecule has 1 fully saturated rings. The monoisotopic (exact) mass is 340 g/mol. The predicted octanol–water partition coefficient (Wildman–Crippen LogP) is 0.732. The van der Waals surface area contributed by atoms with Crippen LogP contribution in [0.25, 0.3) is 0 Å².